The van der Waals surface area contributed by atoms with Gasteiger partial charge in [0.05, 0.1) is 24.0 Å². The second kappa shape index (κ2) is 6.15. The lowest BCUT2D eigenvalue weighted by Gasteiger charge is -2.27. The van der Waals surface area contributed by atoms with E-state index in [0.29, 0.717) is 16.4 Å². The van der Waals surface area contributed by atoms with E-state index in [0.717, 1.165) is 4.90 Å². The molecule has 4 rings (SSSR count). The van der Waals surface area contributed by atoms with E-state index in [4.69, 9.17) is 16.4 Å². The summed E-state index contributed by atoms with van der Waals surface area (Å²) < 4.78 is 0. The highest BCUT2D eigenvalue weighted by Gasteiger charge is 2.59. The molecule has 2 fully saturated rings. The maximum absolute atomic E-state index is 12.9. The maximum atomic E-state index is 12.9. The number of hydrogen-bond acceptors (Lipinski definition) is 5. The predicted octanol–water partition coefficient (Wildman–Crippen LogP) is 2.01. The maximum Gasteiger partial charge on any atom is 0.266 e. The van der Waals surface area contributed by atoms with Crippen molar-refractivity contribution in [1.29, 1.82) is 0 Å². The van der Waals surface area contributed by atoms with Gasteiger partial charge in [-0.25, -0.2) is 9.96 Å². The van der Waals surface area contributed by atoms with Crippen molar-refractivity contribution >= 4 is 34.8 Å². The third-order valence-electron chi connectivity index (χ3n) is 4.50. The molecular weight excluding hydrogens is 344 g/mol. The predicted molar refractivity (Wildman–Crippen MR) is 92.1 cm³/mol. The van der Waals surface area contributed by atoms with Gasteiger partial charge in [-0.15, -0.1) is 0 Å². The first-order valence-electron chi connectivity index (χ1n) is 7.87. The summed E-state index contributed by atoms with van der Waals surface area (Å²) in [6.45, 7) is -0.307. The van der Waals surface area contributed by atoms with E-state index < -0.39 is 29.9 Å². The number of carbonyl (C=O) groups excluding carboxylic acids is 2. The summed E-state index contributed by atoms with van der Waals surface area (Å²) in [5.74, 6) is -1.61. The minimum absolute atomic E-state index is 0.307. The van der Waals surface area contributed by atoms with Gasteiger partial charge in [0.15, 0.2) is 6.10 Å². The van der Waals surface area contributed by atoms with Gasteiger partial charge in [0.1, 0.15) is 5.92 Å². The lowest BCUT2D eigenvalue weighted by atomic mass is 9.97. The first-order chi connectivity index (χ1) is 12.1. The van der Waals surface area contributed by atoms with E-state index in [1.54, 1.807) is 36.4 Å². The summed E-state index contributed by atoms with van der Waals surface area (Å²) in [6.07, 6.45) is -0.955. The van der Waals surface area contributed by atoms with Gasteiger partial charge >= 0.3 is 0 Å². The van der Waals surface area contributed by atoms with Gasteiger partial charge in [0.2, 0.25) is 5.91 Å². The molecule has 2 saturated heterocycles. The molecule has 0 aliphatic carbocycles. The SMILES string of the molecule is O=C1C2ON(c3ccccc3)C(CO)C2C(=O)N1c1cccc(Cl)c1. The molecule has 0 aromatic heterocycles. The highest BCUT2D eigenvalue weighted by atomic mass is 35.5. The van der Waals surface area contributed by atoms with Crippen LogP contribution in [0, 0.1) is 5.92 Å². The van der Waals surface area contributed by atoms with Crippen LogP contribution in [-0.4, -0.2) is 35.7 Å². The van der Waals surface area contributed by atoms with Crippen molar-refractivity contribution in [3.8, 4) is 0 Å². The van der Waals surface area contributed by atoms with Crippen molar-refractivity contribution in [3.63, 3.8) is 0 Å². The van der Waals surface area contributed by atoms with Gasteiger partial charge in [-0.05, 0) is 30.3 Å². The van der Waals surface area contributed by atoms with Crippen molar-refractivity contribution in [2.45, 2.75) is 12.1 Å². The molecule has 0 spiro atoms. The minimum Gasteiger partial charge on any atom is -0.394 e. The fraction of sp³-hybridized carbons (Fsp3) is 0.222. The Kier molecular flexibility index (Phi) is 3.95. The van der Waals surface area contributed by atoms with Crippen molar-refractivity contribution in [3.05, 3.63) is 59.6 Å². The summed E-state index contributed by atoms with van der Waals surface area (Å²) in [7, 11) is 0. The quantitative estimate of drug-likeness (QED) is 0.850. The number of rotatable bonds is 3. The zero-order valence-corrected chi connectivity index (χ0v) is 13.8. The molecule has 3 atom stereocenters. The molecule has 3 unspecified atom stereocenters. The van der Waals surface area contributed by atoms with Crippen LogP contribution in [0.15, 0.2) is 54.6 Å². The number of hydrogen-bond donors (Lipinski definition) is 1. The number of benzene rings is 2. The van der Waals surface area contributed by atoms with Crippen molar-refractivity contribution in [1.82, 2.24) is 0 Å². The molecule has 7 heteroatoms. The average Bonchev–Trinajstić information content (AvgIpc) is 3.12. The lowest BCUT2D eigenvalue weighted by Crippen LogP contribution is -2.42. The smallest absolute Gasteiger partial charge is 0.266 e. The Morgan fingerprint density at radius 1 is 1.00 bits per heavy atom. The summed E-state index contributed by atoms with van der Waals surface area (Å²) in [5, 5.41) is 11.7. The van der Waals surface area contributed by atoms with Crippen LogP contribution in [-0.2, 0) is 14.4 Å². The number of anilines is 2. The Hall–Kier alpha value is -2.41. The molecule has 25 heavy (non-hydrogen) atoms. The molecule has 0 bridgehead atoms. The van der Waals surface area contributed by atoms with Crippen LogP contribution < -0.4 is 9.96 Å². The fourth-order valence-electron chi connectivity index (χ4n) is 3.38. The number of hydroxylamine groups is 1. The van der Waals surface area contributed by atoms with Gasteiger partial charge in [-0.2, -0.15) is 0 Å². The summed E-state index contributed by atoms with van der Waals surface area (Å²) >= 11 is 5.97. The third kappa shape index (κ3) is 2.50. The zero-order valence-electron chi connectivity index (χ0n) is 13.1. The summed E-state index contributed by atoms with van der Waals surface area (Å²) in [6, 6.07) is 15.0. The van der Waals surface area contributed by atoms with Crippen LogP contribution in [0.25, 0.3) is 0 Å². The number of imide groups is 1. The molecule has 0 radical (unpaired) electrons. The first kappa shape index (κ1) is 16.1. The number of aliphatic hydroxyl groups excluding tert-OH is 1. The molecule has 2 aliphatic rings. The second-order valence-corrected chi connectivity index (χ2v) is 6.39. The number of carbonyl (C=O) groups is 2. The van der Waals surface area contributed by atoms with E-state index in [2.05, 4.69) is 0 Å². The fourth-order valence-corrected chi connectivity index (χ4v) is 3.56. The summed E-state index contributed by atoms with van der Waals surface area (Å²) in [5.41, 5.74) is 1.09. The van der Waals surface area contributed by atoms with E-state index in [1.807, 2.05) is 18.2 Å². The number of halogens is 1. The molecular formula is C18H15ClN2O4. The average molecular weight is 359 g/mol. The van der Waals surface area contributed by atoms with Gasteiger partial charge in [-0.3, -0.25) is 14.4 Å². The molecule has 2 heterocycles. The Labute approximate surface area is 149 Å². The van der Waals surface area contributed by atoms with Crippen molar-refractivity contribution < 1.29 is 19.5 Å². The zero-order chi connectivity index (χ0) is 17.6. The van der Waals surface area contributed by atoms with Crippen LogP contribution in [0.4, 0.5) is 11.4 Å². The van der Waals surface area contributed by atoms with E-state index in [9.17, 15) is 14.7 Å². The number of nitrogens with zero attached hydrogens (tertiary/aromatic N) is 2. The van der Waals surface area contributed by atoms with E-state index in [-0.39, 0.29) is 6.61 Å². The van der Waals surface area contributed by atoms with Crippen molar-refractivity contribution in [2.75, 3.05) is 16.6 Å². The number of para-hydroxylation sites is 1. The molecule has 6 nitrogen and oxygen atoms in total. The number of fused-ring (bicyclic) bond motifs is 1. The third-order valence-corrected chi connectivity index (χ3v) is 4.74. The van der Waals surface area contributed by atoms with Gasteiger partial charge in [0.25, 0.3) is 5.91 Å². The van der Waals surface area contributed by atoms with Gasteiger partial charge in [-0.1, -0.05) is 35.9 Å². The Bertz CT molecular complexity index is 829. The highest BCUT2D eigenvalue weighted by Crippen LogP contribution is 2.40. The molecule has 2 aromatic carbocycles. The number of amides is 2. The molecule has 128 valence electrons. The normalized spacial score (nSPS) is 25.6. The van der Waals surface area contributed by atoms with E-state index in [1.165, 1.54) is 5.06 Å². The molecule has 0 saturated carbocycles. The van der Waals surface area contributed by atoms with Crippen LogP contribution in [0.5, 0.6) is 0 Å². The first-order valence-corrected chi connectivity index (χ1v) is 8.25. The molecule has 2 aromatic rings. The van der Waals surface area contributed by atoms with Crippen molar-refractivity contribution in [2.24, 2.45) is 5.92 Å². The second-order valence-electron chi connectivity index (χ2n) is 5.95. The van der Waals surface area contributed by atoms with Crippen LogP contribution in [0.2, 0.25) is 5.02 Å². The van der Waals surface area contributed by atoms with Gasteiger partial charge < -0.3 is 5.11 Å². The lowest BCUT2D eigenvalue weighted by molar-refractivity contribution is -0.126. The topological polar surface area (TPSA) is 70.1 Å². The monoisotopic (exact) mass is 358 g/mol. The van der Waals surface area contributed by atoms with Crippen LogP contribution >= 0.6 is 11.6 Å². The highest BCUT2D eigenvalue weighted by molar-refractivity contribution is 6.31. The molecule has 1 N–H and O–H groups in total. The van der Waals surface area contributed by atoms with Crippen LogP contribution in [0.3, 0.4) is 0 Å². The molecule has 2 amide bonds. The summed E-state index contributed by atoms with van der Waals surface area (Å²) in [4.78, 5) is 32.5. The Balaban J connectivity index is 1.68. The standard InChI is InChI=1S/C18H15ClN2O4/c19-11-5-4-8-13(9-11)20-17(23)15-14(10-22)21(25-16(15)18(20)24)12-6-2-1-3-7-12/h1-9,14-16,22H,10H2. The Morgan fingerprint density at radius 2 is 1.72 bits per heavy atom. The minimum atomic E-state index is -0.955. The molecule has 2 aliphatic heterocycles. The van der Waals surface area contributed by atoms with E-state index >= 15 is 0 Å². The number of aliphatic hydroxyl groups is 1. The van der Waals surface area contributed by atoms with Gasteiger partial charge in [0, 0.05) is 5.02 Å². The van der Waals surface area contributed by atoms with Crippen LogP contribution in [0.1, 0.15) is 0 Å². The Morgan fingerprint density at radius 3 is 2.40 bits per heavy atom. The largest absolute Gasteiger partial charge is 0.394 e.